The summed E-state index contributed by atoms with van der Waals surface area (Å²) in [5, 5.41) is 0. The zero-order valence-corrected chi connectivity index (χ0v) is 16.5. The minimum absolute atomic E-state index is 0.179. The first-order valence-electron chi connectivity index (χ1n) is 9.95. The first-order chi connectivity index (χ1) is 13.5. The average Bonchev–Trinajstić information content (AvgIpc) is 3.27. The number of allylic oxidation sites excluding steroid dienone is 1. The van der Waals surface area contributed by atoms with Crippen LogP contribution in [0, 0.1) is 5.92 Å². The van der Waals surface area contributed by atoms with Crippen LogP contribution in [-0.2, 0) is 25.4 Å². The Kier molecular flexibility index (Phi) is 6.86. The van der Waals surface area contributed by atoms with E-state index in [0.717, 1.165) is 12.0 Å². The molecule has 28 heavy (non-hydrogen) atoms. The van der Waals surface area contributed by atoms with Crippen molar-refractivity contribution in [1.29, 1.82) is 0 Å². The maximum Gasteiger partial charge on any atom is 0.416 e. The average molecular weight is 387 g/mol. The van der Waals surface area contributed by atoms with Crippen molar-refractivity contribution in [3.8, 4) is 0 Å². The van der Waals surface area contributed by atoms with Crippen molar-refractivity contribution >= 4 is 12.0 Å². The molecule has 2 fully saturated rings. The van der Waals surface area contributed by atoms with E-state index in [1.54, 1.807) is 6.08 Å². The van der Waals surface area contributed by atoms with Gasteiger partial charge >= 0.3 is 6.09 Å². The zero-order valence-electron chi connectivity index (χ0n) is 16.5. The van der Waals surface area contributed by atoms with Crippen LogP contribution in [0.5, 0.6) is 0 Å². The molecule has 1 aromatic rings. The van der Waals surface area contributed by atoms with E-state index in [0.29, 0.717) is 38.9 Å². The van der Waals surface area contributed by atoms with Crippen LogP contribution in [0.4, 0.5) is 4.79 Å². The maximum absolute atomic E-state index is 13.2. The molecule has 0 radical (unpaired) electrons. The summed E-state index contributed by atoms with van der Waals surface area (Å²) in [6.45, 7) is 7.15. The van der Waals surface area contributed by atoms with Gasteiger partial charge in [-0.1, -0.05) is 36.4 Å². The number of nitrogens with zero attached hydrogens (tertiary/aromatic N) is 1. The molecular weight excluding hydrogens is 358 g/mol. The summed E-state index contributed by atoms with van der Waals surface area (Å²) < 4.78 is 16.5. The normalized spacial score (nSPS) is 22.1. The lowest BCUT2D eigenvalue weighted by Crippen LogP contribution is -2.43. The molecule has 2 amide bonds. The second-order valence-corrected chi connectivity index (χ2v) is 7.57. The van der Waals surface area contributed by atoms with Crippen LogP contribution >= 0.6 is 0 Å². The van der Waals surface area contributed by atoms with E-state index in [1.807, 2.05) is 37.3 Å². The topological polar surface area (TPSA) is 65.1 Å². The molecule has 1 aromatic carbocycles. The number of carbonyl (C=O) groups is 2. The number of imide groups is 1. The Balaban J connectivity index is 1.62. The SMILES string of the molecule is C=CC[C@@H](CCCC1(C)OCCO1)C(=O)N1C(=O)OC[C@@H]1Cc1ccccc1. The van der Waals surface area contributed by atoms with Gasteiger partial charge in [0.15, 0.2) is 5.79 Å². The predicted octanol–water partition coefficient (Wildman–Crippen LogP) is 3.70. The first kappa shape index (κ1) is 20.6. The molecule has 0 N–H and O–H groups in total. The monoisotopic (exact) mass is 387 g/mol. The molecule has 0 aromatic heterocycles. The third-order valence-electron chi connectivity index (χ3n) is 5.39. The lowest BCUT2D eigenvalue weighted by Gasteiger charge is -2.26. The van der Waals surface area contributed by atoms with E-state index in [2.05, 4.69) is 6.58 Å². The Hall–Kier alpha value is -2.18. The zero-order chi connectivity index (χ0) is 20.0. The lowest BCUT2D eigenvalue weighted by molar-refractivity contribution is -0.149. The largest absolute Gasteiger partial charge is 0.447 e. The highest BCUT2D eigenvalue weighted by Crippen LogP contribution is 2.28. The number of cyclic esters (lactones) is 1. The van der Waals surface area contributed by atoms with Gasteiger partial charge in [0.05, 0.1) is 19.3 Å². The van der Waals surface area contributed by atoms with Crippen LogP contribution in [0.3, 0.4) is 0 Å². The molecule has 0 unspecified atom stereocenters. The Morgan fingerprint density at radius 3 is 2.71 bits per heavy atom. The fourth-order valence-electron chi connectivity index (χ4n) is 3.88. The minimum Gasteiger partial charge on any atom is -0.447 e. The molecule has 6 heteroatoms. The summed E-state index contributed by atoms with van der Waals surface area (Å²) in [5.74, 6) is -1.04. The van der Waals surface area contributed by atoms with Gasteiger partial charge in [0, 0.05) is 12.3 Å². The number of hydrogen-bond donors (Lipinski definition) is 0. The third-order valence-corrected chi connectivity index (χ3v) is 5.39. The molecule has 2 saturated heterocycles. The van der Waals surface area contributed by atoms with Crippen LogP contribution in [0.25, 0.3) is 0 Å². The van der Waals surface area contributed by atoms with Gasteiger partial charge in [-0.05, 0) is 38.2 Å². The van der Waals surface area contributed by atoms with Crippen LogP contribution in [0.2, 0.25) is 0 Å². The number of amides is 2. The lowest BCUT2D eigenvalue weighted by atomic mass is 9.94. The van der Waals surface area contributed by atoms with Gasteiger partial charge in [0.25, 0.3) is 0 Å². The van der Waals surface area contributed by atoms with E-state index >= 15 is 0 Å². The fraction of sp³-hybridized carbons (Fsp3) is 0.545. The summed E-state index contributed by atoms with van der Waals surface area (Å²) in [6.07, 6.45) is 4.45. The van der Waals surface area contributed by atoms with Crippen LogP contribution < -0.4 is 0 Å². The van der Waals surface area contributed by atoms with Crippen LogP contribution in [0.1, 0.15) is 38.2 Å². The Morgan fingerprint density at radius 2 is 2.04 bits per heavy atom. The molecule has 0 aliphatic carbocycles. The Labute approximate surface area is 166 Å². The van der Waals surface area contributed by atoms with Gasteiger partial charge in [0.1, 0.15) is 6.61 Å². The summed E-state index contributed by atoms with van der Waals surface area (Å²) in [5.41, 5.74) is 1.08. The van der Waals surface area contributed by atoms with Crippen molar-refractivity contribution < 1.29 is 23.8 Å². The van der Waals surface area contributed by atoms with E-state index in [-0.39, 0.29) is 24.5 Å². The molecule has 0 spiro atoms. The summed E-state index contributed by atoms with van der Waals surface area (Å²) in [4.78, 5) is 26.8. The fourth-order valence-corrected chi connectivity index (χ4v) is 3.88. The van der Waals surface area contributed by atoms with E-state index in [4.69, 9.17) is 14.2 Å². The molecule has 2 heterocycles. The molecule has 3 rings (SSSR count). The van der Waals surface area contributed by atoms with Crippen molar-refractivity contribution in [3.05, 3.63) is 48.6 Å². The van der Waals surface area contributed by atoms with Gasteiger partial charge in [-0.25, -0.2) is 9.69 Å². The van der Waals surface area contributed by atoms with Gasteiger partial charge in [-0.15, -0.1) is 6.58 Å². The summed E-state index contributed by atoms with van der Waals surface area (Å²) >= 11 is 0. The van der Waals surface area contributed by atoms with E-state index in [9.17, 15) is 9.59 Å². The van der Waals surface area contributed by atoms with Gasteiger partial charge < -0.3 is 14.2 Å². The van der Waals surface area contributed by atoms with Gasteiger partial charge in [-0.2, -0.15) is 0 Å². The molecule has 2 atom stereocenters. The molecule has 152 valence electrons. The number of ether oxygens (including phenoxy) is 3. The van der Waals surface area contributed by atoms with Crippen molar-refractivity contribution in [2.45, 2.75) is 50.9 Å². The molecule has 2 aliphatic rings. The second kappa shape index (κ2) is 9.34. The highest BCUT2D eigenvalue weighted by Gasteiger charge is 2.40. The highest BCUT2D eigenvalue weighted by atomic mass is 16.7. The smallest absolute Gasteiger partial charge is 0.416 e. The molecule has 6 nitrogen and oxygen atoms in total. The van der Waals surface area contributed by atoms with Crippen LogP contribution in [-0.4, -0.2) is 48.5 Å². The van der Waals surface area contributed by atoms with Crippen molar-refractivity contribution in [3.63, 3.8) is 0 Å². The number of rotatable bonds is 9. The van der Waals surface area contributed by atoms with Crippen molar-refractivity contribution in [1.82, 2.24) is 4.90 Å². The summed E-state index contributed by atoms with van der Waals surface area (Å²) in [7, 11) is 0. The van der Waals surface area contributed by atoms with E-state index < -0.39 is 11.9 Å². The molecule has 0 bridgehead atoms. The van der Waals surface area contributed by atoms with Crippen molar-refractivity contribution in [2.75, 3.05) is 19.8 Å². The van der Waals surface area contributed by atoms with Crippen molar-refractivity contribution in [2.24, 2.45) is 5.92 Å². The highest BCUT2D eigenvalue weighted by molar-refractivity contribution is 5.94. The molecule has 0 saturated carbocycles. The first-order valence-corrected chi connectivity index (χ1v) is 9.95. The predicted molar refractivity (Wildman–Crippen MR) is 105 cm³/mol. The Morgan fingerprint density at radius 1 is 1.32 bits per heavy atom. The Bertz CT molecular complexity index is 683. The van der Waals surface area contributed by atoms with Gasteiger partial charge in [-0.3, -0.25) is 4.79 Å². The standard InChI is InChI=1S/C22H29NO5/c1-3-8-18(11-7-12-22(2)27-13-14-28-22)20(24)23-19(16-26-21(23)25)15-17-9-5-4-6-10-17/h3-6,9-10,18-19H,1,7-8,11-16H2,2H3/t18-,19-/m0/s1. The molecule has 2 aliphatic heterocycles. The quantitative estimate of drug-likeness (QED) is 0.605. The number of hydrogen-bond acceptors (Lipinski definition) is 5. The molecular formula is C22H29NO5. The third kappa shape index (κ3) is 5.00. The number of benzene rings is 1. The summed E-state index contributed by atoms with van der Waals surface area (Å²) in [6, 6.07) is 9.57. The van der Waals surface area contributed by atoms with Crippen LogP contribution in [0.15, 0.2) is 43.0 Å². The number of carbonyl (C=O) groups excluding carboxylic acids is 2. The van der Waals surface area contributed by atoms with E-state index in [1.165, 1.54) is 4.90 Å². The maximum atomic E-state index is 13.2. The second-order valence-electron chi connectivity index (χ2n) is 7.57. The van der Waals surface area contributed by atoms with Gasteiger partial charge in [0.2, 0.25) is 5.91 Å². The minimum atomic E-state index is -0.565.